The first-order chi connectivity index (χ1) is 9.79. The normalized spacial score (nSPS) is 16.2. The van der Waals surface area contributed by atoms with Crippen LogP contribution in [-0.2, 0) is 12.8 Å². The third-order valence-electron chi connectivity index (χ3n) is 3.66. The molecule has 1 aromatic heterocycles. The van der Waals surface area contributed by atoms with E-state index < -0.39 is 0 Å². The standard InChI is InChI=1S/C16H19BrN2S/c17-14-3-1-2-12(7-14)6-13(9-19-15-4-5-15)8-16-10-18-11-20-16/h1-3,7,10-11,13,15,19H,4-6,8-9H2. The van der Waals surface area contributed by atoms with E-state index in [-0.39, 0.29) is 0 Å². The van der Waals surface area contributed by atoms with Gasteiger partial charge in [-0.1, -0.05) is 28.1 Å². The highest BCUT2D eigenvalue weighted by atomic mass is 79.9. The van der Waals surface area contributed by atoms with Gasteiger partial charge in [0.1, 0.15) is 0 Å². The van der Waals surface area contributed by atoms with Gasteiger partial charge in [0.25, 0.3) is 0 Å². The van der Waals surface area contributed by atoms with Crippen LogP contribution in [0.1, 0.15) is 23.3 Å². The first kappa shape index (κ1) is 14.2. The molecule has 1 N–H and O–H groups in total. The number of halogens is 1. The summed E-state index contributed by atoms with van der Waals surface area (Å²) in [5.74, 6) is 0.644. The van der Waals surface area contributed by atoms with E-state index >= 15 is 0 Å². The fourth-order valence-electron chi connectivity index (χ4n) is 2.46. The van der Waals surface area contributed by atoms with Gasteiger partial charge in [-0.3, -0.25) is 4.98 Å². The zero-order valence-electron chi connectivity index (χ0n) is 11.4. The lowest BCUT2D eigenvalue weighted by molar-refractivity contribution is 0.471. The lowest BCUT2D eigenvalue weighted by Crippen LogP contribution is -2.27. The molecule has 1 atom stereocenters. The minimum atomic E-state index is 0.644. The van der Waals surface area contributed by atoms with Crippen LogP contribution in [0.3, 0.4) is 0 Å². The molecule has 3 rings (SSSR count). The topological polar surface area (TPSA) is 24.9 Å². The minimum absolute atomic E-state index is 0.644. The van der Waals surface area contributed by atoms with Gasteiger partial charge in [0.15, 0.2) is 0 Å². The average molecular weight is 351 g/mol. The maximum Gasteiger partial charge on any atom is 0.0794 e. The van der Waals surface area contributed by atoms with Crippen LogP contribution in [0.4, 0.5) is 0 Å². The molecule has 0 saturated heterocycles. The molecule has 1 unspecified atom stereocenters. The van der Waals surface area contributed by atoms with Crippen LogP contribution in [0.25, 0.3) is 0 Å². The number of nitrogens with one attached hydrogen (secondary N) is 1. The number of hydrogen-bond donors (Lipinski definition) is 1. The van der Waals surface area contributed by atoms with Crippen LogP contribution in [-0.4, -0.2) is 17.6 Å². The van der Waals surface area contributed by atoms with Crippen molar-refractivity contribution in [1.82, 2.24) is 10.3 Å². The largest absolute Gasteiger partial charge is 0.314 e. The molecule has 1 aromatic carbocycles. The lowest BCUT2D eigenvalue weighted by atomic mass is 9.95. The zero-order chi connectivity index (χ0) is 13.8. The number of benzene rings is 1. The number of thiazole rings is 1. The Bertz CT molecular complexity index is 537. The van der Waals surface area contributed by atoms with Crippen LogP contribution in [0, 0.1) is 5.92 Å². The zero-order valence-corrected chi connectivity index (χ0v) is 13.8. The molecule has 106 valence electrons. The van der Waals surface area contributed by atoms with E-state index in [0.717, 1.165) is 25.4 Å². The Labute approximate surface area is 132 Å². The third-order valence-corrected chi connectivity index (χ3v) is 4.95. The quantitative estimate of drug-likeness (QED) is 0.814. The van der Waals surface area contributed by atoms with Crippen molar-refractivity contribution in [2.75, 3.05) is 6.54 Å². The smallest absolute Gasteiger partial charge is 0.0794 e. The Hall–Kier alpha value is -0.710. The highest BCUT2D eigenvalue weighted by Crippen LogP contribution is 2.22. The molecule has 1 heterocycles. The molecular formula is C16H19BrN2S. The molecule has 1 aliphatic rings. The molecule has 0 spiro atoms. The predicted octanol–water partition coefficient (Wildman–Crippen LogP) is 4.06. The van der Waals surface area contributed by atoms with Crippen LogP contribution in [0.2, 0.25) is 0 Å². The first-order valence-electron chi connectivity index (χ1n) is 7.15. The molecule has 20 heavy (non-hydrogen) atoms. The van der Waals surface area contributed by atoms with E-state index in [2.05, 4.69) is 50.5 Å². The van der Waals surface area contributed by atoms with Crippen molar-refractivity contribution in [3.63, 3.8) is 0 Å². The Morgan fingerprint density at radius 1 is 1.35 bits per heavy atom. The van der Waals surface area contributed by atoms with E-state index in [1.807, 2.05) is 11.7 Å². The number of nitrogens with zero attached hydrogens (tertiary/aromatic N) is 1. The van der Waals surface area contributed by atoms with Crippen molar-refractivity contribution in [1.29, 1.82) is 0 Å². The van der Waals surface area contributed by atoms with Gasteiger partial charge < -0.3 is 5.32 Å². The second-order valence-corrected chi connectivity index (χ2v) is 7.44. The number of rotatable bonds is 7. The molecule has 1 saturated carbocycles. The number of hydrogen-bond acceptors (Lipinski definition) is 3. The molecule has 0 bridgehead atoms. The summed E-state index contributed by atoms with van der Waals surface area (Å²) in [7, 11) is 0. The summed E-state index contributed by atoms with van der Waals surface area (Å²) in [6, 6.07) is 9.45. The molecule has 2 aromatic rings. The highest BCUT2D eigenvalue weighted by Gasteiger charge is 2.22. The van der Waals surface area contributed by atoms with Gasteiger partial charge in [0, 0.05) is 21.6 Å². The Kier molecular flexibility index (Phi) is 4.86. The minimum Gasteiger partial charge on any atom is -0.314 e. The maximum atomic E-state index is 4.19. The van der Waals surface area contributed by atoms with Crippen LogP contribution in [0.5, 0.6) is 0 Å². The molecule has 0 aliphatic heterocycles. The van der Waals surface area contributed by atoms with E-state index in [9.17, 15) is 0 Å². The predicted molar refractivity (Wildman–Crippen MR) is 88.2 cm³/mol. The fourth-order valence-corrected chi connectivity index (χ4v) is 3.62. The van der Waals surface area contributed by atoms with Crippen LogP contribution < -0.4 is 5.32 Å². The molecule has 2 nitrogen and oxygen atoms in total. The summed E-state index contributed by atoms with van der Waals surface area (Å²) in [4.78, 5) is 5.59. The van der Waals surface area contributed by atoms with Gasteiger partial charge in [-0.05, 0) is 55.8 Å². The highest BCUT2D eigenvalue weighted by molar-refractivity contribution is 9.10. The summed E-state index contributed by atoms with van der Waals surface area (Å²) in [5, 5.41) is 3.68. The molecule has 1 aliphatic carbocycles. The van der Waals surface area contributed by atoms with E-state index in [1.165, 1.54) is 27.8 Å². The van der Waals surface area contributed by atoms with E-state index in [4.69, 9.17) is 0 Å². The van der Waals surface area contributed by atoms with Gasteiger partial charge in [0.05, 0.1) is 5.51 Å². The van der Waals surface area contributed by atoms with E-state index in [0.29, 0.717) is 5.92 Å². The molecule has 0 radical (unpaired) electrons. The van der Waals surface area contributed by atoms with Crippen molar-refractivity contribution in [3.8, 4) is 0 Å². The summed E-state index contributed by atoms with van der Waals surface area (Å²) in [6.45, 7) is 1.11. The second-order valence-electron chi connectivity index (χ2n) is 5.55. The maximum absolute atomic E-state index is 4.19. The molecule has 1 fully saturated rings. The van der Waals surface area contributed by atoms with Crippen molar-refractivity contribution in [2.24, 2.45) is 5.92 Å². The second kappa shape index (κ2) is 6.83. The van der Waals surface area contributed by atoms with Crippen molar-refractivity contribution >= 4 is 27.3 Å². The molecule has 0 amide bonds. The number of aromatic nitrogens is 1. The molecule has 4 heteroatoms. The third kappa shape index (κ3) is 4.40. The van der Waals surface area contributed by atoms with Crippen molar-refractivity contribution in [3.05, 3.63) is 50.9 Å². The summed E-state index contributed by atoms with van der Waals surface area (Å²) >= 11 is 5.33. The average Bonchev–Trinajstić information content (AvgIpc) is 3.12. The monoisotopic (exact) mass is 350 g/mol. The van der Waals surface area contributed by atoms with Gasteiger partial charge >= 0.3 is 0 Å². The van der Waals surface area contributed by atoms with Gasteiger partial charge in [-0.15, -0.1) is 11.3 Å². The first-order valence-corrected chi connectivity index (χ1v) is 8.82. The Balaban J connectivity index is 1.63. The van der Waals surface area contributed by atoms with Gasteiger partial charge in [0.2, 0.25) is 0 Å². The van der Waals surface area contributed by atoms with E-state index in [1.54, 1.807) is 11.3 Å². The van der Waals surface area contributed by atoms with Crippen LogP contribution >= 0.6 is 27.3 Å². The van der Waals surface area contributed by atoms with Crippen LogP contribution in [0.15, 0.2) is 40.4 Å². The van der Waals surface area contributed by atoms with Gasteiger partial charge in [-0.2, -0.15) is 0 Å². The molecular weight excluding hydrogens is 332 g/mol. The summed E-state index contributed by atoms with van der Waals surface area (Å²) in [6.07, 6.45) is 6.96. The Morgan fingerprint density at radius 3 is 2.95 bits per heavy atom. The Morgan fingerprint density at radius 2 is 2.25 bits per heavy atom. The summed E-state index contributed by atoms with van der Waals surface area (Å²) in [5.41, 5.74) is 3.34. The lowest BCUT2D eigenvalue weighted by Gasteiger charge is -2.17. The summed E-state index contributed by atoms with van der Waals surface area (Å²) < 4.78 is 1.17. The fraction of sp³-hybridized carbons (Fsp3) is 0.438. The van der Waals surface area contributed by atoms with Crippen molar-refractivity contribution < 1.29 is 0 Å². The van der Waals surface area contributed by atoms with Gasteiger partial charge in [-0.25, -0.2) is 0 Å². The SMILES string of the molecule is Brc1cccc(CC(CNC2CC2)Cc2cncs2)c1. The van der Waals surface area contributed by atoms with Crippen molar-refractivity contribution in [2.45, 2.75) is 31.7 Å².